The van der Waals surface area contributed by atoms with Crippen LogP contribution in [0.5, 0.6) is 0 Å². The van der Waals surface area contributed by atoms with Crippen molar-refractivity contribution in [3.63, 3.8) is 0 Å². The van der Waals surface area contributed by atoms with Crippen LogP contribution in [-0.4, -0.2) is 11.7 Å². The van der Waals surface area contributed by atoms with Gasteiger partial charge in [0.2, 0.25) is 5.91 Å². The van der Waals surface area contributed by atoms with Crippen LogP contribution in [0.2, 0.25) is 0 Å². The molecule has 0 aliphatic heterocycles. The first kappa shape index (κ1) is 11.8. The number of amides is 1. The first-order valence-corrected chi connectivity index (χ1v) is 6.07. The summed E-state index contributed by atoms with van der Waals surface area (Å²) >= 11 is 0. The Hall–Kier alpha value is -1.64. The maximum absolute atomic E-state index is 11.9. The van der Waals surface area contributed by atoms with E-state index in [4.69, 9.17) is 0 Å². The molecule has 2 rings (SSSR count). The molecule has 0 aromatic heterocycles. The van der Waals surface area contributed by atoms with Crippen molar-refractivity contribution in [1.29, 1.82) is 0 Å². The molecule has 0 heterocycles. The van der Waals surface area contributed by atoms with Crippen LogP contribution in [0.25, 0.3) is 0 Å². The van der Waals surface area contributed by atoms with Gasteiger partial charge in [-0.15, -0.1) is 0 Å². The highest BCUT2D eigenvalue weighted by atomic mass is 16.2. The predicted octanol–water partition coefficient (Wildman–Crippen LogP) is 2.69. The molecule has 1 fully saturated rings. The van der Waals surface area contributed by atoms with Crippen LogP contribution in [0.3, 0.4) is 0 Å². The Morgan fingerprint density at radius 1 is 1.24 bits per heavy atom. The molecular formula is C14H17NO2. The van der Waals surface area contributed by atoms with Crippen LogP contribution in [0.4, 0.5) is 5.69 Å². The number of aryl methyl sites for hydroxylation is 1. The Morgan fingerprint density at radius 2 is 1.94 bits per heavy atom. The quantitative estimate of drug-likeness (QED) is 0.795. The van der Waals surface area contributed by atoms with Crippen molar-refractivity contribution >= 4 is 17.4 Å². The molecule has 1 aliphatic carbocycles. The molecule has 0 bridgehead atoms. The van der Waals surface area contributed by atoms with Crippen LogP contribution < -0.4 is 5.32 Å². The van der Waals surface area contributed by atoms with Crippen molar-refractivity contribution in [2.75, 3.05) is 5.32 Å². The van der Waals surface area contributed by atoms with Gasteiger partial charge in [0, 0.05) is 12.1 Å². The second-order valence-corrected chi connectivity index (χ2v) is 4.62. The van der Waals surface area contributed by atoms with E-state index in [1.165, 1.54) is 0 Å². The van der Waals surface area contributed by atoms with Crippen LogP contribution >= 0.6 is 0 Å². The Morgan fingerprint density at radius 3 is 2.59 bits per heavy atom. The summed E-state index contributed by atoms with van der Waals surface area (Å²) in [6, 6.07) is 7.61. The van der Waals surface area contributed by atoms with Gasteiger partial charge in [0.05, 0.1) is 5.92 Å². The van der Waals surface area contributed by atoms with E-state index in [1.54, 1.807) is 0 Å². The van der Waals surface area contributed by atoms with E-state index < -0.39 is 5.92 Å². The van der Waals surface area contributed by atoms with Gasteiger partial charge in [0.1, 0.15) is 5.78 Å². The number of carbonyl (C=O) groups is 2. The van der Waals surface area contributed by atoms with Gasteiger partial charge in [0.25, 0.3) is 0 Å². The summed E-state index contributed by atoms with van der Waals surface area (Å²) in [6.45, 7) is 2.00. The van der Waals surface area contributed by atoms with E-state index in [2.05, 4.69) is 5.32 Å². The molecule has 1 aromatic rings. The van der Waals surface area contributed by atoms with Gasteiger partial charge < -0.3 is 5.32 Å². The molecule has 1 aliphatic rings. The maximum atomic E-state index is 11.9. The molecule has 1 atom stereocenters. The Kier molecular flexibility index (Phi) is 3.57. The van der Waals surface area contributed by atoms with E-state index in [9.17, 15) is 9.59 Å². The molecular weight excluding hydrogens is 214 g/mol. The molecule has 0 spiro atoms. The normalized spacial score (nSPS) is 20.1. The number of benzene rings is 1. The topological polar surface area (TPSA) is 46.2 Å². The molecule has 1 N–H and O–H groups in total. The second-order valence-electron chi connectivity index (χ2n) is 4.62. The summed E-state index contributed by atoms with van der Waals surface area (Å²) in [5.74, 6) is -0.510. The van der Waals surface area contributed by atoms with Gasteiger partial charge in [-0.1, -0.05) is 24.1 Å². The number of hydrogen-bond donors (Lipinski definition) is 1. The van der Waals surface area contributed by atoms with Crippen molar-refractivity contribution in [2.24, 2.45) is 5.92 Å². The number of rotatable bonds is 2. The Labute approximate surface area is 101 Å². The summed E-state index contributed by atoms with van der Waals surface area (Å²) < 4.78 is 0. The number of Topliss-reactive ketones (excluding diaryl/α,β-unsaturated/α-hetero) is 1. The molecule has 3 nitrogen and oxygen atoms in total. The minimum Gasteiger partial charge on any atom is -0.325 e. The zero-order valence-corrected chi connectivity index (χ0v) is 10.0. The summed E-state index contributed by atoms with van der Waals surface area (Å²) in [6.07, 6.45) is 3.13. The van der Waals surface area contributed by atoms with Crippen molar-refractivity contribution in [2.45, 2.75) is 32.6 Å². The monoisotopic (exact) mass is 231 g/mol. The summed E-state index contributed by atoms with van der Waals surface area (Å²) in [5.41, 5.74) is 1.91. The van der Waals surface area contributed by atoms with Gasteiger partial charge in [0.15, 0.2) is 0 Å². The van der Waals surface area contributed by atoms with Crippen molar-refractivity contribution < 1.29 is 9.59 Å². The van der Waals surface area contributed by atoms with Gasteiger partial charge in [-0.2, -0.15) is 0 Å². The Bertz CT molecular complexity index is 422. The van der Waals surface area contributed by atoms with Gasteiger partial charge in [-0.05, 0) is 31.9 Å². The third-order valence-electron chi connectivity index (χ3n) is 3.19. The highest BCUT2D eigenvalue weighted by Gasteiger charge is 2.28. The predicted molar refractivity (Wildman–Crippen MR) is 66.8 cm³/mol. The summed E-state index contributed by atoms with van der Waals surface area (Å²) in [4.78, 5) is 23.6. The third-order valence-corrected chi connectivity index (χ3v) is 3.19. The van der Waals surface area contributed by atoms with E-state index >= 15 is 0 Å². The SMILES string of the molecule is Cc1ccc(NC(=O)C2CCCCC2=O)cc1. The van der Waals surface area contributed by atoms with E-state index in [1.807, 2.05) is 31.2 Å². The van der Waals surface area contributed by atoms with Crippen molar-refractivity contribution in [3.8, 4) is 0 Å². The zero-order chi connectivity index (χ0) is 12.3. The highest BCUT2D eigenvalue weighted by molar-refractivity contribution is 6.07. The number of anilines is 1. The summed E-state index contributed by atoms with van der Waals surface area (Å²) in [7, 11) is 0. The average molecular weight is 231 g/mol. The van der Waals surface area contributed by atoms with Gasteiger partial charge >= 0.3 is 0 Å². The molecule has 0 radical (unpaired) electrons. The third kappa shape index (κ3) is 2.93. The second kappa shape index (κ2) is 5.13. The number of ketones is 1. The minimum atomic E-state index is -0.440. The lowest BCUT2D eigenvalue weighted by molar-refractivity contribution is -0.132. The molecule has 1 amide bonds. The van der Waals surface area contributed by atoms with Crippen molar-refractivity contribution in [1.82, 2.24) is 0 Å². The highest BCUT2D eigenvalue weighted by Crippen LogP contribution is 2.22. The number of nitrogens with one attached hydrogen (secondary N) is 1. The van der Waals surface area contributed by atoms with E-state index in [0.717, 1.165) is 24.1 Å². The fraction of sp³-hybridized carbons (Fsp3) is 0.429. The van der Waals surface area contributed by atoms with Gasteiger partial charge in [-0.25, -0.2) is 0 Å². The summed E-state index contributed by atoms with van der Waals surface area (Å²) in [5, 5.41) is 2.81. The molecule has 1 aromatic carbocycles. The van der Waals surface area contributed by atoms with E-state index in [0.29, 0.717) is 12.8 Å². The molecule has 0 saturated heterocycles. The van der Waals surface area contributed by atoms with Crippen LogP contribution in [0.1, 0.15) is 31.2 Å². The molecule has 1 saturated carbocycles. The van der Waals surface area contributed by atoms with Crippen LogP contribution in [0.15, 0.2) is 24.3 Å². The lowest BCUT2D eigenvalue weighted by Crippen LogP contribution is -2.31. The number of carbonyl (C=O) groups excluding carboxylic acids is 2. The molecule has 90 valence electrons. The number of hydrogen-bond acceptors (Lipinski definition) is 2. The van der Waals surface area contributed by atoms with Crippen LogP contribution in [0, 0.1) is 12.8 Å². The van der Waals surface area contributed by atoms with Crippen molar-refractivity contribution in [3.05, 3.63) is 29.8 Å². The van der Waals surface area contributed by atoms with E-state index in [-0.39, 0.29) is 11.7 Å². The first-order chi connectivity index (χ1) is 8.16. The smallest absolute Gasteiger partial charge is 0.234 e. The Balaban J connectivity index is 2.00. The standard InChI is InChI=1S/C14H17NO2/c1-10-6-8-11(9-7-10)15-14(17)12-4-2-3-5-13(12)16/h6-9,12H,2-5H2,1H3,(H,15,17). The fourth-order valence-electron chi connectivity index (χ4n) is 2.13. The lowest BCUT2D eigenvalue weighted by atomic mass is 9.87. The minimum absolute atomic E-state index is 0.0841. The molecule has 17 heavy (non-hydrogen) atoms. The first-order valence-electron chi connectivity index (χ1n) is 6.07. The zero-order valence-electron chi connectivity index (χ0n) is 10.0. The fourth-order valence-corrected chi connectivity index (χ4v) is 2.13. The maximum Gasteiger partial charge on any atom is 0.234 e. The van der Waals surface area contributed by atoms with Gasteiger partial charge in [-0.3, -0.25) is 9.59 Å². The average Bonchev–Trinajstić information content (AvgIpc) is 2.32. The molecule has 1 unspecified atom stereocenters. The van der Waals surface area contributed by atoms with Crippen LogP contribution in [-0.2, 0) is 9.59 Å². The molecule has 3 heteroatoms. The lowest BCUT2D eigenvalue weighted by Gasteiger charge is -2.19. The largest absolute Gasteiger partial charge is 0.325 e.